The average Bonchev–Trinajstić information content (AvgIpc) is 3.56. The Morgan fingerprint density at radius 3 is 3.03 bits per heavy atom. The normalized spacial score (nSPS) is 15.9. The molecule has 0 saturated carbocycles. The predicted molar refractivity (Wildman–Crippen MR) is 116 cm³/mol. The highest BCUT2D eigenvalue weighted by atomic mass is 19.1. The molecule has 0 fully saturated rings. The molecular weight excluding hydrogens is 425 g/mol. The number of ether oxygens (including phenoxy) is 1. The van der Waals surface area contributed by atoms with Gasteiger partial charge in [0.05, 0.1) is 41.6 Å². The molecule has 9 nitrogen and oxygen atoms in total. The number of methoxy groups -OCH3 is 1. The third-order valence-electron chi connectivity index (χ3n) is 6.05. The van der Waals surface area contributed by atoms with Gasteiger partial charge >= 0.3 is 0 Å². The van der Waals surface area contributed by atoms with Crippen molar-refractivity contribution in [2.75, 3.05) is 13.7 Å². The zero-order valence-corrected chi connectivity index (χ0v) is 17.8. The summed E-state index contributed by atoms with van der Waals surface area (Å²) in [5, 5.41) is 8.96. The van der Waals surface area contributed by atoms with E-state index in [0.29, 0.717) is 41.9 Å². The number of halogens is 1. The van der Waals surface area contributed by atoms with E-state index in [2.05, 4.69) is 20.2 Å². The minimum Gasteiger partial charge on any atom is -0.380 e. The first-order chi connectivity index (χ1) is 16.1. The van der Waals surface area contributed by atoms with Crippen molar-refractivity contribution in [3.8, 4) is 0 Å². The van der Waals surface area contributed by atoms with Crippen molar-refractivity contribution in [1.29, 1.82) is 0 Å². The van der Waals surface area contributed by atoms with Gasteiger partial charge in [-0.2, -0.15) is 10.2 Å². The molecule has 0 unspecified atom stereocenters. The summed E-state index contributed by atoms with van der Waals surface area (Å²) in [5.74, 6) is -0.553. The third-order valence-corrected chi connectivity index (χ3v) is 6.05. The molecule has 1 atom stereocenters. The molecule has 6 heterocycles. The minimum absolute atomic E-state index is 0.180. The molecule has 0 aromatic carbocycles. The molecule has 5 aromatic rings. The Labute approximate surface area is 187 Å². The number of carbonyl (C=O) groups excluding carboxylic acids is 1. The van der Waals surface area contributed by atoms with Crippen molar-refractivity contribution in [3.05, 3.63) is 89.3 Å². The first-order valence-electron chi connectivity index (χ1n) is 10.6. The number of fused-ring (bicyclic) bond motifs is 3. The number of imidazole rings is 1. The number of nitrogens with zero attached hydrogens (tertiary/aromatic N) is 6. The van der Waals surface area contributed by atoms with Crippen LogP contribution in [0, 0.1) is 5.82 Å². The molecule has 0 spiro atoms. The van der Waals surface area contributed by atoms with Gasteiger partial charge in [0.1, 0.15) is 17.4 Å². The number of aromatic nitrogens is 6. The average molecular weight is 445 g/mol. The first kappa shape index (κ1) is 19.6. The number of carbonyl (C=O) groups is 1. The molecule has 0 radical (unpaired) electrons. The SMILES string of the molecule is COCc1ccc2c(C(=O)N3CCc4[nH]cnc4[C@H]3c3cc4c(F)cccn4n3)cnn2c1. The number of hydrogen-bond acceptors (Lipinski definition) is 5. The van der Waals surface area contributed by atoms with Crippen LogP contribution >= 0.6 is 0 Å². The van der Waals surface area contributed by atoms with Crippen molar-refractivity contribution < 1.29 is 13.9 Å². The second-order valence-electron chi connectivity index (χ2n) is 8.03. The van der Waals surface area contributed by atoms with Crippen LogP contribution in [0.1, 0.15) is 39.0 Å². The summed E-state index contributed by atoms with van der Waals surface area (Å²) in [5.41, 5.74) is 4.72. The number of amides is 1. The van der Waals surface area contributed by atoms with Crippen molar-refractivity contribution in [3.63, 3.8) is 0 Å². The van der Waals surface area contributed by atoms with E-state index in [9.17, 15) is 9.18 Å². The lowest BCUT2D eigenvalue weighted by Crippen LogP contribution is -2.41. The van der Waals surface area contributed by atoms with E-state index >= 15 is 0 Å². The summed E-state index contributed by atoms with van der Waals surface area (Å²) < 4.78 is 22.7. The minimum atomic E-state index is -0.547. The van der Waals surface area contributed by atoms with E-state index in [-0.39, 0.29) is 11.7 Å². The summed E-state index contributed by atoms with van der Waals surface area (Å²) in [4.78, 5) is 23.2. The highest BCUT2D eigenvalue weighted by Gasteiger charge is 2.37. The summed E-state index contributed by atoms with van der Waals surface area (Å²) in [6.45, 7) is 0.924. The summed E-state index contributed by atoms with van der Waals surface area (Å²) >= 11 is 0. The van der Waals surface area contributed by atoms with Crippen LogP contribution in [0.5, 0.6) is 0 Å². The van der Waals surface area contributed by atoms with Gasteiger partial charge in [-0.25, -0.2) is 18.4 Å². The lowest BCUT2D eigenvalue weighted by Gasteiger charge is -2.33. The number of H-pyrrole nitrogens is 1. The number of rotatable bonds is 4. The second-order valence-corrected chi connectivity index (χ2v) is 8.03. The summed E-state index contributed by atoms with van der Waals surface area (Å²) in [6.07, 6.45) is 7.37. The highest BCUT2D eigenvalue weighted by molar-refractivity contribution is 6.01. The summed E-state index contributed by atoms with van der Waals surface area (Å²) in [6, 6.07) is 7.91. The zero-order chi connectivity index (χ0) is 22.5. The van der Waals surface area contributed by atoms with Gasteiger partial charge in [-0.15, -0.1) is 0 Å². The van der Waals surface area contributed by atoms with E-state index in [1.165, 1.54) is 10.6 Å². The molecule has 0 aliphatic carbocycles. The quantitative estimate of drug-likeness (QED) is 0.459. The molecule has 0 bridgehead atoms. The lowest BCUT2D eigenvalue weighted by molar-refractivity contribution is 0.0689. The van der Waals surface area contributed by atoms with Crippen molar-refractivity contribution in [2.24, 2.45) is 0 Å². The maximum atomic E-state index is 14.4. The van der Waals surface area contributed by atoms with Gasteiger partial charge in [0, 0.05) is 38.2 Å². The Kier molecular flexibility index (Phi) is 4.47. The molecule has 6 rings (SSSR count). The Hall–Kier alpha value is -4.05. The molecule has 1 N–H and O–H groups in total. The monoisotopic (exact) mass is 445 g/mol. The summed E-state index contributed by atoms with van der Waals surface area (Å²) in [7, 11) is 1.63. The van der Waals surface area contributed by atoms with Crippen molar-refractivity contribution >= 4 is 16.9 Å². The van der Waals surface area contributed by atoms with Gasteiger partial charge in [-0.05, 0) is 29.8 Å². The lowest BCUT2D eigenvalue weighted by atomic mass is 9.98. The maximum Gasteiger partial charge on any atom is 0.258 e. The van der Waals surface area contributed by atoms with Gasteiger partial charge in [-0.3, -0.25) is 4.79 Å². The Morgan fingerprint density at radius 2 is 2.18 bits per heavy atom. The van der Waals surface area contributed by atoms with Crippen LogP contribution in [-0.2, 0) is 17.8 Å². The maximum absolute atomic E-state index is 14.4. The van der Waals surface area contributed by atoms with Crippen LogP contribution in [0.2, 0.25) is 0 Å². The molecule has 0 saturated heterocycles. The van der Waals surface area contributed by atoms with Gasteiger partial charge in [0.15, 0.2) is 0 Å². The molecule has 10 heteroatoms. The van der Waals surface area contributed by atoms with E-state index in [0.717, 1.165) is 17.0 Å². The third kappa shape index (κ3) is 3.10. The Balaban J connectivity index is 1.44. The van der Waals surface area contributed by atoms with E-state index in [1.54, 1.807) is 47.4 Å². The molecule has 1 aliphatic heterocycles. The topological polar surface area (TPSA) is 92.8 Å². The molecular formula is C23H20FN7O2. The number of aromatic amines is 1. The van der Waals surface area contributed by atoms with Crippen molar-refractivity contribution in [1.82, 2.24) is 34.1 Å². The van der Waals surface area contributed by atoms with Crippen LogP contribution in [-0.4, -0.2) is 53.7 Å². The smallest absolute Gasteiger partial charge is 0.258 e. The predicted octanol–water partition coefficient (Wildman–Crippen LogP) is 2.78. The van der Waals surface area contributed by atoms with E-state index in [4.69, 9.17) is 4.74 Å². The van der Waals surface area contributed by atoms with Crippen LogP contribution in [0.25, 0.3) is 11.0 Å². The zero-order valence-electron chi connectivity index (χ0n) is 17.8. The second kappa shape index (κ2) is 7.52. The number of pyridine rings is 2. The Morgan fingerprint density at radius 1 is 1.27 bits per heavy atom. The van der Waals surface area contributed by atoms with E-state index < -0.39 is 6.04 Å². The fourth-order valence-corrected chi connectivity index (χ4v) is 4.53. The van der Waals surface area contributed by atoms with Crippen LogP contribution in [0.4, 0.5) is 4.39 Å². The van der Waals surface area contributed by atoms with Gasteiger partial charge < -0.3 is 14.6 Å². The molecule has 1 amide bonds. The Bertz CT molecular complexity index is 1500. The molecule has 5 aromatic heterocycles. The van der Waals surface area contributed by atoms with Gasteiger partial charge in [0.2, 0.25) is 0 Å². The number of hydrogen-bond donors (Lipinski definition) is 1. The first-order valence-corrected chi connectivity index (χ1v) is 10.6. The molecule has 1 aliphatic rings. The van der Waals surface area contributed by atoms with Gasteiger partial charge in [0.25, 0.3) is 5.91 Å². The van der Waals surface area contributed by atoms with Gasteiger partial charge in [-0.1, -0.05) is 6.07 Å². The van der Waals surface area contributed by atoms with E-state index in [1.807, 2.05) is 18.3 Å². The van der Waals surface area contributed by atoms with Crippen molar-refractivity contribution in [2.45, 2.75) is 19.1 Å². The number of nitrogens with one attached hydrogen (secondary N) is 1. The van der Waals surface area contributed by atoms with Crippen LogP contribution in [0.15, 0.2) is 55.2 Å². The standard InChI is InChI=1S/C23H20FN7O2/c1-33-12-14-4-5-19-15(10-27-31(19)11-14)23(32)29-8-6-17-21(26-13-25-17)22(29)18-9-20-16(24)3-2-7-30(20)28-18/h2-5,7,9-11,13,22H,6,8,12H2,1H3,(H,25,26)/t22-/m1/s1. The highest BCUT2D eigenvalue weighted by Crippen LogP contribution is 2.35. The fraction of sp³-hybridized carbons (Fsp3) is 0.217. The van der Waals surface area contributed by atoms with Crippen LogP contribution < -0.4 is 0 Å². The molecule has 166 valence electrons. The molecule has 33 heavy (non-hydrogen) atoms. The fourth-order valence-electron chi connectivity index (χ4n) is 4.53. The van der Waals surface area contributed by atoms with Crippen LogP contribution in [0.3, 0.4) is 0 Å². The largest absolute Gasteiger partial charge is 0.380 e.